The molecule has 0 bridgehead atoms. The van der Waals surface area contributed by atoms with Gasteiger partial charge in [0.2, 0.25) is 0 Å². The molecule has 0 amide bonds. The first kappa shape index (κ1) is 15.0. The largest absolute Gasteiger partial charge is 0.489 e. The Hall–Kier alpha value is -1.36. The highest BCUT2D eigenvalue weighted by Gasteiger charge is 2.07. The van der Waals surface area contributed by atoms with E-state index in [4.69, 9.17) is 45.9 Å². The molecule has 0 saturated heterocycles. The van der Waals surface area contributed by atoms with Crippen LogP contribution in [0.4, 0.5) is 4.39 Å². The molecule has 0 fully saturated rings. The maximum Gasteiger partial charge on any atom is 0.123 e. The maximum absolute atomic E-state index is 13.1. The number of hydrogen-bond acceptors (Lipinski definition) is 2. The summed E-state index contributed by atoms with van der Waals surface area (Å²) in [5, 5.41) is 0.845. The molecule has 0 aliphatic heterocycles. The van der Waals surface area contributed by atoms with Gasteiger partial charge in [-0.05, 0) is 36.4 Å². The van der Waals surface area contributed by atoms with Gasteiger partial charge in [0.1, 0.15) is 23.2 Å². The summed E-state index contributed by atoms with van der Waals surface area (Å²) in [6, 6.07) is 9.07. The molecule has 0 saturated carbocycles. The highest BCUT2D eigenvalue weighted by molar-refractivity contribution is 7.80. The first-order valence-corrected chi connectivity index (χ1v) is 6.80. The highest BCUT2D eigenvalue weighted by atomic mass is 35.5. The molecule has 0 spiro atoms. The van der Waals surface area contributed by atoms with Crippen molar-refractivity contribution in [2.45, 2.75) is 6.61 Å². The van der Waals surface area contributed by atoms with Gasteiger partial charge in [-0.3, -0.25) is 0 Å². The van der Waals surface area contributed by atoms with Gasteiger partial charge in [0.15, 0.2) is 0 Å². The molecule has 0 atom stereocenters. The van der Waals surface area contributed by atoms with Crippen LogP contribution in [-0.4, -0.2) is 4.99 Å². The number of rotatable bonds is 4. The molecule has 0 aromatic heterocycles. The summed E-state index contributed by atoms with van der Waals surface area (Å²) in [5.74, 6) is 0.158. The first-order valence-electron chi connectivity index (χ1n) is 5.63. The molecule has 2 nitrogen and oxygen atoms in total. The average Bonchev–Trinajstić information content (AvgIpc) is 2.39. The van der Waals surface area contributed by atoms with Crippen LogP contribution in [0, 0.1) is 5.82 Å². The zero-order valence-electron chi connectivity index (χ0n) is 10.2. The van der Waals surface area contributed by atoms with Crippen molar-refractivity contribution in [3.05, 3.63) is 63.4 Å². The Bertz CT molecular complexity index is 664. The van der Waals surface area contributed by atoms with Crippen LogP contribution < -0.4 is 10.5 Å². The Balaban J connectivity index is 2.13. The van der Waals surface area contributed by atoms with Crippen molar-refractivity contribution >= 4 is 40.4 Å². The summed E-state index contributed by atoms with van der Waals surface area (Å²) in [6.07, 6.45) is 0. The third kappa shape index (κ3) is 3.60. The first-order chi connectivity index (χ1) is 9.47. The van der Waals surface area contributed by atoms with Gasteiger partial charge in [-0.1, -0.05) is 35.4 Å². The molecule has 6 heteroatoms. The Labute approximate surface area is 131 Å². The second-order valence-corrected chi connectivity index (χ2v) is 5.28. The molecule has 0 radical (unpaired) electrons. The van der Waals surface area contributed by atoms with Crippen LogP contribution in [0.15, 0.2) is 36.4 Å². The standard InChI is InChI=1S/C14H10Cl2FNOS/c15-12-4-1-9(17)5-8(12)7-19-10-2-3-11(14(18)20)13(16)6-10/h1-6H,7H2,(H2,18,20). The molecular formula is C14H10Cl2FNOS. The molecule has 20 heavy (non-hydrogen) atoms. The van der Waals surface area contributed by atoms with E-state index in [1.54, 1.807) is 18.2 Å². The zero-order valence-corrected chi connectivity index (χ0v) is 12.5. The van der Waals surface area contributed by atoms with Crippen LogP contribution >= 0.6 is 35.4 Å². The summed E-state index contributed by atoms with van der Waals surface area (Å²) in [4.78, 5) is 0.217. The molecule has 0 unspecified atom stereocenters. The second-order valence-electron chi connectivity index (χ2n) is 4.03. The highest BCUT2D eigenvalue weighted by Crippen LogP contribution is 2.24. The van der Waals surface area contributed by atoms with Gasteiger partial charge in [0.05, 0.1) is 5.02 Å². The summed E-state index contributed by atoms with van der Waals surface area (Å²) in [7, 11) is 0. The predicted molar refractivity (Wildman–Crippen MR) is 83.1 cm³/mol. The topological polar surface area (TPSA) is 35.2 Å². The molecule has 0 heterocycles. The van der Waals surface area contributed by atoms with Crippen molar-refractivity contribution in [1.29, 1.82) is 0 Å². The number of ether oxygens (including phenoxy) is 1. The molecule has 0 aliphatic carbocycles. The van der Waals surface area contributed by atoms with Gasteiger partial charge >= 0.3 is 0 Å². The van der Waals surface area contributed by atoms with E-state index in [1.807, 2.05) is 0 Å². The van der Waals surface area contributed by atoms with E-state index < -0.39 is 0 Å². The van der Waals surface area contributed by atoms with Crippen molar-refractivity contribution in [1.82, 2.24) is 0 Å². The molecule has 2 N–H and O–H groups in total. The smallest absolute Gasteiger partial charge is 0.123 e. The molecule has 2 aromatic rings. The third-order valence-electron chi connectivity index (χ3n) is 2.61. The maximum atomic E-state index is 13.1. The third-order valence-corrected chi connectivity index (χ3v) is 3.51. The Morgan fingerprint density at radius 1 is 1.15 bits per heavy atom. The summed E-state index contributed by atoms with van der Waals surface area (Å²) in [5.41, 5.74) is 6.65. The Morgan fingerprint density at radius 2 is 1.90 bits per heavy atom. The van der Waals surface area contributed by atoms with Gasteiger partial charge < -0.3 is 10.5 Å². The van der Waals surface area contributed by atoms with Gasteiger partial charge in [-0.25, -0.2) is 4.39 Å². The fraction of sp³-hybridized carbons (Fsp3) is 0.0714. The number of nitrogens with two attached hydrogens (primary N) is 1. The van der Waals surface area contributed by atoms with Gasteiger partial charge in [0.25, 0.3) is 0 Å². The summed E-state index contributed by atoms with van der Waals surface area (Å²) >= 11 is 16.8. The SMILES string of the molecule is NC(=S)c1ccc(OCc2cc(F)ccc2Cl)cc1Cl. The van der Waals surface area contributed by atoms with Gasteiger partial charge in [-0.2, -0.15) is 0 Å². The fourth-order valence-electron chi connectivity index (χ4n) is 1.60. The van der Waals surface area contributed by atoms with Crippen molar-refractivity contribution < 1.29 is 9.13 Å². The number of hydrogen-bond donors (Lipinski definition) is 1. The lowest BCUT2D eigenvalue weighted by molar-refractivity contribution is 0.305. The summed E-state index contributed by atoms with van der Waals surface area (Å²) < 4.78 is 18.6. The molecule has 2 aromatic carbocycles. The van der Waals surface area contributed by atoms with Crippen LogP contribution in [0.5, 0.6) is 5.75 Å². The predicted octanol–water partition coefficient (Wildman–Crippen LogP) is 4.35. The minimum atomic E-state index is -0.366. The van der Waals surface area contributed by atoms with Crippen LogP contribution in [-0.2, 0) is 6.61 Å². The average molecular weight is 330 g/mol. The quantitative estimate of drug-likeness (QED) is 0.847. The Morgan fingerprint density at radius 3 is 2.55 bits per heavy atom. The van der Waals surface area contributed by atoms with Crippen molar-refractivity contribution in [2.75, 3.05) is 0 Å². The van der Waals surface area contributed by atoms with E-state index in [9.17, 15) is 4.39 Å². The molecule has 0 aliphatic rings. The lowest BCUT2D eigenvalue weighted by Crippen LogP contribution is -2.09. The second kappa shape index (κ2) is 6.39. The van der Waals surface area contributed by atoms with E-state index >= 15 is 0 Å². The van der Waals surface area contributed by atoms with Crippen LogP contribution in [0.3, 0.4) is 0 Å². The van der Waals surface area contributed by atoms with Crippen LogP contribution in [0.2, 0.25) is 10.0 Å². The molecule has 104 valence electrons. The van der Waals surface area contributed by atoms with E-state index in [2.05, 4.69) is 0 Å². The Kier molecular flexibility index (Phi) is 4.81. The van der Waals surface area contributed by atoms with Crippen molar-refractivity contribution in [2.24, 2.45) is 5.73 Å². The van der Waals surface area contributed by atoms with Crippen molar-refractivity contribution in [3.63, 3.8) is 0 Å². The number of halogens is 3. The van der Waals surface area contributed by atoms with Crippen LogP contribution in [0.1, 0.15) is 11.1 Å². The number of thiocarbonyl (C=S) groups is 1. The van der Waals surface area contributed by atoms with Crippen molar-refractivity contribution in [3.8, 4) is 5.75 Å². The fourth-order valence-corrected chi connectivity index (χ4v) is 2.28. The van der Waals surface area contributed by atoms with Gasteiger partial charge in [-0.15, -0.1) is 0 Å². The normalized spacial score (nSPS) is 10.3. The van der Waals surface area contributed by atoms with E-state index in [0.29, 0.717) is 26.9 Å². The van der Waals surface area contributed by atoms with E-state index in [-0.39, 0.29) is 17.4 Å². The number of benzene rings is 2. The lowest BCUT2D eigenvalue weighted by Gasteiger charge is -2.10. The molecule has 2 rings (SSSR count). The summed E-state index contributed by atoms with van der Waals surface area (Å²) in [6.45, 7) is 0.138. The monoisotopic (exact) mass is 329 g/mol. The van der Waals surface area contributed by atoms with E-state index in [1.165, 1.54) is 18.2 Å². The minimum absolute atomic E-state index is 0.138. The minimum Gasteiger partial charge on any atom is -0.489 e. The molecular weight excluding hydrogens is 320 g/mol. The van der Waals surface area contributed by atoms with Crippen LogP contribution in [0.25, 0.3) is 0 Å². The van der Waals surface area contributed by atoms with E-state index in [0.717, 1.165) is 0 Å². The van der Waals surface area contributed by atoms with Gasteiger partial charge in [0, 0.05) is 16.1 Å². The lowest BCUT2D eigenvalue weighted by atomic mass is 10.2. The zero-order chi connectivity index (χ0) is 14.7.